The van der Waals surface area contributed by atoms with Crippen molar-refractivity contribution in [3.05, 3.63) is 53.6 Å². The molecule has 2 aromatic carbocycles. The molecule has 106 valence electrons. The standard InChI is InChI=1S/C15H15F2NOS/c1-19-13-4-2-3-5-14(13)20-15-11(16)8-10(6-7-18)9-12(15)17/h2-5,8-9H,6-7,18H2,1H3. The lowest BCUT2D eigenvalue weighted by Crippen LogP contribution is -2.04. The normalized spacial score (nSPS) is 10.6. The summed E-state index contributed by atoms with van der Waals surface area (Å²) in [6.07, 6.45) is 0.452. The molecule has 0 aliphatic carbocycles. The van der Waals surface area contributed by atoms with Crippen LogP contribution < -0.4 is 10.5 Å². The molecule has 20 heavy (non-hydrogen) atoms. The van der Waals surface area contributed by atoms with E-state index in [4.69, 9.17) is 10.5 Å². The van der Waals surface area contributed by atoms with E-state index in [-0.39, 0.29) is 4.90 Å². The van der Waals surface area contributed by atoms with Gasteiger partial charge in [-0.1, -0.05) is 23.9 Å². The monoisotopic (exact) mass is 295 g/mol. The Hall–Kier alpha value is -1.59. The third-order valence-corrected chi connectivity index (χ3v) is 3.92. The van der Waals surface area contributed by atoms with E-state index in [0.717, 1.165) is 11.8 Å². The average molecular weight is 295 g/mol. The molecular weight excluding hydrogens is 280 g/mol. The van der Waals surface area contributed by atoms with E-state index >= 15 is 0 Å². The average Bonchev–Trinajstić information content (AvgIpc) is 2.43. The molecule has 0 saturated heterocycles. The largest absolute Gasteiger partial charge is 0.496 e. The highest BCUT2D eigenvalue weighted by Gasteiger charge is 2.14. The van der Waals surface area contributed by atoms with E-state index in [0.29, 0.717) is 29.2 Å². The zero-order chi connectivity index (χ0) is 14.5. The molecule has 0 bridgehead atoms. The Morgan fingerprint density at radius 1 is 1.15 bits per heavy atom. The lowest BCUT2D eigenvalue weighted by molar-refractivity contribution is 0.404. The van der Waals surface area contributed by atoms with Crippen LogP contribution in [-0.2, 0) is 6.42 Å². The maximum atomic E-state index is 14.0. The second kappa shape index (κ2) is 6.72. The molecular formula is C15H15F2NOS. The van der Waals surface area contributed by atoms with Crippen LogP contribution in [-0.4, -0.2) is 13.7 Å². The fourth-order valence-electron chi connectivity index (χ4n) is 1.83. The van der Waals surface area contributed by atoms with Crippen molar-refractivity contribution in [2.45, 2.75) is 16.2 Å². The number of halogens is 2. The number of benzene rings is 2. The van der Waals surface area contributed by atoms with Gasteiger partial charge in [0.15, 0.2) is 0 Å². The van der Waals surface area contributed by atoms with E-state index in [9.17, 15) is 8.78 Å². The summed E-state index contributed by atoms with van der Waals surface area (Å²) in [5, 5.41) is 0. The molecule has 0 radical (unpaired) electrons. The van der Waals surface area contributed by atoms with Gasteiger partial charge in [-0.2, -0.15) is 0 Å². The quantitative estimate of drug-likeness (QED) is 0.915. The summed E-state index contributed by atoms with van der Waals surface area (Å²) in [6, 6.07) is 9.77. The summed E-state index contributed by atoms with van der Waals surface area (Å²) < 4.78 is 33.2. The maximum Gasteiger partial charge on any atom is 0.140 e. The third-order valence-electron chi connectivity index (χ3n) is 2.77. The van der Waals surface area contributed by atoms with Gasteiger partial charge in [-0.05, 0) is 42.8 Å². The Labute approximate surface area is 120 Å². The number of para-hydroxylation sites is 1. The maximum absolute atomic E-state index is 14.0. The minimum atomic E-state index is -0.579. The highest BCUT2D eigenvalue weighted by Crippen LogP contribution is 2.37. The molecule has 0 fully saturated rings. The molecule has 0 atom stereocenters. The Balaban J connectivity index is 2.34. The van der Waals surface area contributed by atoms with Gasteiger partial charge in [0.25, 0.3) is 0 Å². The minimum Gasteiger partial charge on any atom is -0.496 e. The van der Waals surface area contributed by atoms with Crippen molar-refractivity contribution < 1.29 is 13.5 Å². The molecule has 0 amide bonds. The number of rotatable bonds is 5. The van der Waals surface area contributed by atoms with Gasteiger partial charge in [0.05, 0.1) is 16.9 Å². The van der Waals surface area contributed by atoms with E-state index < -0.39 is 11.6 Å². The van der Waals surface area contributed by atoms with Gasteiger partial charge >= 0.3 is 0 Å². The minimum absolute atomic E-state index is 0.0322. The van der Waals surface area contributed by atoms with Crippen molar-refractivity contribution in [1.82, 2.24) is 0 Å². The van der Waals surface area contributed by atoms with Crippen molar-refractivity contribution in [3.63, 3.8) is 0 Å². The Morgan fingerprint density at radius 3 is 2.40 bits per heavy atom. The number of methoxy groups -OCH3 is 1. The Bertz CT molecular complexity index is 581. The van der Waals surface area contributed by atoms with Gasteiger partial charge < -0.3 is 10.5 Å². The number of hydrogen-bond acceptors (Lipinski definition) is 3. The highest BCUT2D eigenvalue weighted by molar-refractivity contribution is 7.99. The topological polar surface area (TPSA) is 35.2 Å². The van der Waals surface area contributed by atoms with Crippen LogP contribution >= 0.6 is 11.8 Å². The summed E-state index contributed by atoms with van der Waals surface area (Å²) in [5.74, 6) is -0.573. The van der Waals surface area contributed by atoms with Crippen molar-refractivity contribution in [1.29, 1.82) is 0 Å². The first-order chi connectivity index (χ1) is 9.65. The predicted octanol–water partition coefficient (Wildman–Crippen LogP) is 3.63. The van der Waals surface area contributed by atoms with Gasteiger partial charge in [0.2, 0.25) is 0 Å². The van der Waals surface area contributed by atoms with Crippen LogP contribution in [0.15, 0.2) is 46.2 Å². The molecule has 2 aromatic rings. The molecule has 2 N–H and O–H groups in total. The van der Waals surface area contributed by atoms with Gasteiger partial charge in [-0.25, -0.2) is 8.78 Å². The first-order valence-electron chi connectivity index (χ1n) is 6.14. The van der Waals surface area contributed by atoms with E-state index in [1.54, 1.807) is 24.3 Å². The lowest BCUT2D eigenvalue weighted by Gasteiger charge is -2.10. The summed E-state index contributed by atoms with van der Waals surface area (Å²) in [7, 11) is 1.52. The second-order valence-electron chi connectivity index (χ2n) is 4.18. The molecule has 5 heteroatoms. The van der Waals surface area contributed by atoms with Crippen molar-refractivity contribution in [3.8, 4) is 5.75 Å². The zero-order valence-electron chi connectivity index (χ0n) is 11.0. The predicted molar refractivity (Wildman–Crippen MR) is 76.2 cm³/mol. The first kappa shape index (κ1) is 14.8. The van der Waals surface area contributed by atoms with E-state index in [2.05, 4.69) is 0 Å². The van der Waals surface area contributed by atoms with Crippen LogP contribution in [0.5, 0.6) is 5.75 Å². The van der Waals surface area contributed by atoms with Crippen LogP contribution in [0.4, 0.5) is 8.78 Å². The van der Waals surface area contributed by atoms with Crippen LogP contribution in [0.1, 0.15) is 5.56 Å². The van der Waals surface area contributed by atoms with Gasteiger partial charge in [-0.15, -0.1) is 0 Å². The molecule has 0 aliphatic heterocycles. The molecule has 0 saturated carbocycles. The molecule has 0 spiro atoms. The molecule has 0 aliphatic rings. The number of ether oxygens (including phenoxy) is 1. The summed E-state index contributed by atoms with van der Waals surface area (Å²) in [6.45, 7) is 0.359. The van der Waals surface area contributed by atoms with Crippen molar-refractivity contribution in [2.75, 3.05) is 13.7 Å². The van der Waals surface area contributed by atoms with Gasteiger partial charge in [0.1, 0.15) is 17.4 Å². The van der Waals surface area contributed by atoms with Crippen LogP contribution in [0, 0.1) is 11.6 Å². The molecule has 2 rings (SSSR count). The smallest absolute Gasteiger partial charge is 0.140 e. The number of nitrogens with two attached hydrogens (primary N) is 1. The van der Waals surface area contributed by atoms with E-state index in [1.807, 2.05) is 0 Å². The molecule has 2 nitrogen and oxygen atoms in total. The van der Waals surface area contributed by atoms with Crippen molar-refractivity contribution in [2.24, 2.45) is 5.73 Å². The Kier molecular flexibility index (Phi) is 4.98. The summed E-state index contributed by atoms with van der Waals surface area (Å²) >= 11 is 1.01. The summed E-state index contributed by atoms with van der Waals surface area (Å²) in [5.41, 5.74) is 5.96. The first-order valence-corrected chi connectivity index (χ1v) is 6.96. The lowest BCUT2D eigenvalue weighted by atomic mass is 10.1. The molecule has 0 heterocycles. The summed E-state index contributed by atoms with van der Waals surface area (Å²) in [4.78, 5) is 0.634. The van der Waals surface area contributed by atoms with Crippen LogP contribution in [0.2, 0.25) is 0 Å². The molecule has 0 aromatic heterocycles. The molecule has 0 unspecified atom stereocenters. The van der Waals surface area contributed by atoms with Gasteiger partial charge in [-0.3, -0.25) is 0 Å². The fourth-order valence-corrected chi connectivity index (χ4v) is 2.77. The second-order valence-corrected chi connectivity index (χ2v) is 5.23. The highest BCUT2D eigenvalue weighted by atomic mass is 32.2. The third kappa shape index (κ3) is 3.29. The van der Waals surface area contributed by atoms with E-state index in [1.165, 1.54) is 19.2 Å². The number of hydrogen-bond donors (Lipinski definition) is 1. The fraction of sp³-hybridized carbons (Fsp3) is 0.200. The Morgan fingerprint density at radius 2 is 1.80 bits per heavy atom. The SMILES string of the molecule is COc1ccccc1Sc1c(F)cc(CCN)cc1F. The van der Waals surface area contributed by atoms with Crippen LogP contribution in [0.3, 0.4) is 0 Å². The van der Waals surface area contributed by atoms with Crippen LogP contribution in [0.25, 0.3) is 0 Å². The zero-order valence-corrected chi connectivity index (χ0v) is 11.8. The van der Waals surface area contributed by atoms with Crippen molar-refractivity contribution >= 4 is 11.8 Å². The van der Waals surface area contributed by atoms with Gasteiger partial charge in [0, 0.05) is 0 Å².